The van der Waals surface area contributed by atoms with E-state index < -0.39 is 12.1 Å². The van der Waals surface area contributed by atoms with E-state index in [1.54, 1.807) is 6.08 Å². The molecule has 4 heteroatoms. The first-order chi connectivity index (χ1) is 41.7. The van der Waals surface area contributed by atoms with Gasteiger partial charge >= 0.3 is 0 Å². The van der Waals surface area contributed by atoms with E-state index in [0.717, 1.165) is 38.5 Å². The molecule has 0 bridgehead atoms. The number of carbonyl (C=O) groups is 1. The highest BCUT2D eigenvalue weighted by atomic mass is 16.3. The van der Waals surface area contributed by atoms with Gasteiger partial charge in [-0.1, -0.05) is 416 Å². The summed E-state index contributed by atoms with van der Waals surface area (Å²) in [6.07, 6.45) is 107. The maximum Gasteiger partial charge on any atom is 0.220 e. The van der Waals surface area contributed by atoms with Crippen molar-refractivity contribution in [1.29, 1.82) is 0 Å². The normalized spacial score (nSPS) is 12.9. The van der Waals surface area contributed by atoms with Crippen LogP contribution in [0, 0.1) is 0 Å². The number of aliphatic hydroxyl groups excluding tert-OH is 2. The van der Waals surface area contributed by atoms with Crippen LogP contribution in [0.1, 0.15) is 438 Å². The molecular formula is C80H153NO3. The fourth-order valence-electron chi connectivity index (χ4n) is 12.4. The summed E-state index contributed by atoms with van der Waals surface area (Å²) in [4.78, 5) is 12.6. The Morgan fingerprint density at radius 3 is 0.762 bits per heavy atom. The van der Waals surface area contributed by atoms with E-state index in [9.17, 15) is 15.0 Å². The van der Waals surface area contributed by atoms with Gasteiger partial charge in [0.05, 0.1) is 18.8 Å². The zero-order valence-electron chi connectivity index (χ0n) is 57.5. The molecule has 84 heavy (non-hydrogen) atoms. The third-order valence-electron chi connectivity index (χ3n) is 18.3. The van der Waals surface area contributed by atoms with Crippen molar-refractivity contribution < 1.29 is 15.0 Å². The van der Waals surface area contributed by atoms with Crippen LogP contribution in [0.2, 0.25) is 0 Å². The molecule has 0 aromatic heterocycles. The summed E-state index contributed by atoms with van der Waals surface area (Å²) < 4.78 is 0. The van der Waals surface area contributed by atoms with Crippen LogP contribution in [0.3, 0.4) is 0 Å². The van der Waals surface area contributed by atoms with Gasteiger partial charge in [-0.05, 0) is 64.2 Å². The Bertz CT molecular complexity index is 1340. The summed E-state index contributed by atoms with van der Waals surface area (Å²) in [5.41, 5.74) is 0. The van der Waals surface area contributed by atoms with Crippen molar-refractivity contribution in [3.63, 3.8) is 0 Å². The molecule has 3 N–H and O–H groups in total. The monoisotopic (exact) mass is 1180 g/mol. The van der Waals surface area contributed by atoms with Gasteiger partial charge in [0, 0.05) is 6.42 Å². The second kappa shape index (κ2) is 75.6. The first-order valence-corrected chi connectivity index (χ1v) is 38.9. The van der Waals surface area contributed by atoms with Crippen molar-refractivity contribution in [2.75, 3.05) is 6.61 Å². The van der Waals surface area contributed by atoms with E-state index in [-0.39, 0.29) is 12.5 Å². The molecule has 0 aliphatic carbocycles. The number of unbranched alkanes of at least 4 members (excludes halogenated alkanes) is 60. The minimum Gasteiger partial charge on any atom is -0.394 e. The fourth-order valence-corrected chi connectivity index (χ4v) is 12.4. The second-order valence-electron chi connectivity index (χ2n) is 26.8. The molecule has 1 amide bonds. The van der Waals surface area contributed by atoms with Crippen molar-refractivity contribution in [2.24, 2.45) is 0 Å². The highest BCUT2D eigenvalue weighted by molar-refractivity contribution is 5.76. The van der Waals surface area contributed by atoms with Crippen LogP contribution in [-0.2, 0) is 4.79 Å². The van der Waals surface area contributed by atoms with Crippen LogP contribution >= 0.6 is 0 Å². The first kappa shape index (κ1) is 82.3. The quantitative estimate of drug-likeness (QED) is 0.0420. The van der Waals surface area contributed by atoms with E-state index in [1.807, 2.05) is 6.08 Å². The van der Waals surface area contributed by atoms with Gasteiger partial charge in [0.1, 0.15) is 0 Å². The zero-order valence-corrected chi connectivity index (χ0v) is 57.5. The van der Waals surface area contributed by atoms with E-state index >= 15 is 0 Å². The number of carbonyl (C=O) groups excluding carboxylic acids is 1. The number of aliphatic hydroxyl groups is 2. The van der Waals surface area contributed by atoms with Gasteiger partial charge in [-0.3, -0.25) is 4.79 Å². The summed E-state index contributed by atoms with van der Waals surface area (Å²) in [6, 6.07) is -0.640. The van der Waals surface area contributed by atoms with Gasteiger partial charge in [-0.2, -0.15) is 0 Å². The van der Waals surface area contributed by atoms with Gasteiger partial charge in [0.15, 0.2) is 0 Å². The third kappa shape index (κ3) is 71.1. The Balaban J connectivity index is 3.41. The predicted molar refractivity (Wildman–Crippen MR) is 378 cm³/mol. The number of allylic oxidation sites excluding steroid dienone is 7. The van der Waals surface area contributed by atoms with Crippen molar-refractivity contribution in [3.8, 4) is 0 Å². The topological polar surface area (TPSA) is 69.6 Å². The lowest BCUT2D eigenvalue weighted by atomic mass is 10.0. The Kier molecular flexibility index (Phi) is 74.1. The summed E-state index contributed by atoms with van der Waals surface area (Å²) in [7, 11) is 0. The summed E-state index contributed by atoms with van der Waals surface area (Å²) in [5.74, 6) is -0.0647. The van der Waals surface area contributed by atoms with Crippen LogP contribution in [0.5, 0.6) is 0 Å². The van der Waals surface area contributed by atoms with Crippen molar-refractivity contribution in [1.82, 2.24) is 5.32 Å². The lowest BCUT2D eigenvalue weighted by Crippen LogP contribution is -2.45. The molecule has 0 aromatic carbocycles. The van der Waals surface area contributed by atoms with Crippen molar-refractivity contribution in [2.45, 2.75) is 450 Å². The molecule has 0 aromatic rings. The number of amides is 1. The Morgan fingerprint density at radius 2 is 0.500 bits per heavy atom. The molecular weight excluding hydrogens is 1020 g/mol. The molecule has 0 fully saturated rings. The molecule has 0 spiro atoms. The number of rotatable bonds is 73. The highest BCUT2D eigenvalue weighted by Gasteiger charge is 2.18. The Morgan fingerprint density at radius 1 is 0.286 bits per heavy atom. The van der Waals surface area contributed by atoms with Crippen LogP contribution in [0.15, 0.2) is 48.6 Å². The van der Waals surface area contributed by atoms with Crippen LogP contribution < -0.4 is 5.32 Å². The first-order valence-electron chi connectivity index (χ1n) is 38.9. The standard InChI is InChI=1S/C80H153NO3/c1-3-5-7-9-11-13-15-17-19-21-23-25-27-29-31-33-35-37-38-39-40-41-42-44-46-48-50-52-54-56-58-60-62-64-66-68-70-72-74-76-80(84)81-78(77-82)79(83)75-73-71-69-67-65-63-61-59-57-55-53-51-49-47-45-43-36-34-32-30-28-26-24-22-20-18-16-14-12-10-8-6-4-2/h15,17,21,23,65,67,73,75,78-79,82-83H,3-14,16,18-20,22,24-64,66,68-72,74,76-77H2,1-2H3,(H,81,84)/b17-15-,23-21-,67-65+,75-73+. The largest absolute Gasteiger partial charge is 0.394 e. The molecule has 2 unspecified atom stereocenters. The molecule has 0 rings (SSSR count). The average Bonchev–Trinajstić information content (AvgIpc) is 3.51. The average molecular weight is 1180 g/mol. The van der Waals surface area contributed by atoms with Gasteiger partial charge in [0.2, 0.25) is 5.91 Å². The van der Waals surface area contributed by atoms with Gasteiger partial charge in [-0.25, -0.2) is 0 Å². The molecule has 0 aliphatic heterocycles. The van der Waals surface area contributed by atoms with E-state index in [4.69, 9.17) is 0 Å². The SMILES string of the molecule is CCCCCCC/C=C\C/C=C\CCCCCCCCCCCCCCCCCCCCCCCCCCCCCC(=O)NC(CO)C(O)/C=C/CC/C=C/CCCCCCCCCCCCCCCCCCCCCCCCCCCCC. The molecule has 0 saturated carbocycles. The minimum atomic E-state index is -0.864. The van der Waals surface area contributed by atoms with Crippen molar-refractivity contribution >= 4 is 5.91 Å². The fraction of sp³-hybridized carbons (Fsp3) is 0.887. The Hall–Kier alpha value is -1.65. The molecule has 0 heterocycles. The van der Waals surface area contributed by atoms with E-state index in [0.29, 0.717) is 6.42 Å². The molecule has 496 valence electrons. The highest BCUT2D eigenvalue weighted by Crippen LogP contribution is 2.20. The number of hydrogen-bond donors (Lipinski definition) is 3. The summed E-state index contributed by atoms with van der Waals surface area (Å²) in [6.45, 7) is 4.34. The smallest absolute Gasteiger partial charge is 0.220 e. The summed E-state index contributed by atoms with van der Waals surface area (Å²) >= 11 is 0. The van der Waals surface area contributed by atoms with Gasteiger partial charge < -0.3 is 15.5 Å². The summed E-state index contributed by atoms with van der Waals surface area (Å²) in [5, 5.41) is 23.3. The lowest BCUT2D eigenvalue weighted by Gasteiger charge is -2.19. The van der Waals surface area contributed by atoms with Crippen molar-refractivity contribution in [3.05, 3.63) is 48.6 Å². The number of hydrogen-bond acceptors (Lipinski definition) is 3. The molecule has 4 nitrogen and oxygen atoms in total. The predicted octanol–water partition coefficient (Wildman–Crippen LogP) is 26.8. The van der Waals surface area contributed by atoms with Gasteiger partial charge in [0.25, 0.3) is 0 Å². The Labute approximate surface area is 528 Å². The van der Waals surface area contributed by atoms with E-state index in [1.165, 1.54) is 379 Å². The molecule has 2 atom stereocenters. The minimum absolute atomic E-state index is 0.0647. The van der Waals surface area contributed by atoms with Crippen LogP contribution in [0.25, 0.3) is 0 Å². The lowest BCUT2D eigenvalue weighted by molar-refractivity contribution is -0.123. The molecule has 0 saturated heterocycles. The molecule has 0 aliphatic rings. The van der Waals surface area contributed by atoms with E-state index in [2.05, 4.69) is 55.6 Å². The third-order valence-corrected chi connectivity index (χ3v) is 18.3. The number of nitrogens with one attached hydrogen (secondary N) is 1. The van der Waals surface area contributed by atoms with Gasteiger partial charge in [-0.15, -0.1) is 0 Å². The zero-order chi connectivity index (χ0) is 60.5. The second-order valence-corrected chi connectivity index (χ2v) is 26.8. The van der Waals surface area contributed by atoms with Crippen LogP contribution in [0.4, 0.5) is 0 Å². The van der Waals surface area contributed by atoms with Crippen LogP contribution in [-0.4, -0.2) is 34.9 Å². The molecule has 0 radical (unpaired) electrons. The maximum absolute atomic E-state index is 12.6. The maximum atomic E-state index is 12.6.